The molecule has 0 aliphatic rings. The van der Waals surface area contributed by atoms with Crippen molar-refractivity contribution < 1.29 is 4.79 Å². The summed E-state index contributed by atoms with van der Waals surface area (Å²) >= 11 is 1.15. The first-order valence-electron chi connectivity index (χ1n) is 5.04. The molecule has 0 saturated carbocycles. The van der Waals surface area contributed by atoms with E-state index in [1.54, 1.807) is 0 Å². The number of rotatable bonds is 3. The van der Waals surface area contributed by atoms with E-state index in [-0.39, 0.29) is 5.78 Å². The topological polar surface area (TPSA) is 42.9 Å². The molecular formula is C12H12N2OS. The molecule has 2 rings (SSSR count). The third kappa shape index (κ3) is 2.17. The van der Waals surface area contributed by atoms with Crippen LogP contribution in [0.25, 0.3) is 0 Å². The number of carbonyl (C=O) groups excluding carboxylic acids is 1. The zero-order chi connectivity index (χ0) is 11.5. The number of Topliss-reactive ketones (excluding diaryl/α,β-unsaturated/α-hetero) is 1. The van der Waals surface area contributed by atoms with Crippen molar-refractivity contribution in [1.29, 1.82) is 0 Å². The summed E-state index contributed by atoms with van der Waals surface area (Å²) in [5.41, 5.74) is 3.43. The molecule has 0 atom stereocenters. The lowest BCUT2D eigenvalue weighted by atomic mass is 9.98. The highest BCUT2D eigenvalue weighted by atomic mass is 32.1. The lowest BCUT2D eigenvalue weighted by molar-refractivity contribution is 0.0996. The van der Waals surface area contributed by atoms with E-state index in [0.29, 0.717) is 11.3 Å². The van der Waals surface area contributed by atoms with Gasteiger partial charge >= 0.3 is 0 Å². The molecule has 0 aliphatic carbocycles. The van der Waals surface area contributed by atoms with Crippen molar-refractivity contribution >= 4 is 17.3 Å². The first-order chi connectivity index (χ1) is 7.68. The number of ketones is 1. The molecule has 1 aromatic carbocycles. The molecule has 0 N–H and O–H groups in total. The Balaban J connectivity index is 2.25. The highest BCUT2D eigenvalue weighted by molar-refractivity contribution is 7.07. The lowest BCUT2D eigenvalue weighted by Crippen LogP contribution is -2.04. The van der Waals surface area contributed by atoms with Gasteiger partial charge in [-0.1, -0.05) is 22.7 Å². The van der Waals surface area contributed by atoms with Crippen LogP contribution < -0.4 is 0 Å². The molecule has 0 spiro atoms. The first-order valence-corrected chi connectivity index (χ1v) is 5.81. The average molecular weight is 232 g/mol. The number of hydrogen-bond donors (Lipinski definition) is 0. The second-order valence-electron chi connectivity index (χ2n) is 3.75. The number of aromatic nitrogens is 2. The van der Waals surface area contributed by atoms with Gasteiger partial charge in [0.2, 0.25) is 0 Å². The number of nitrogens with zero attached hydrogens (tertiary/aromatic N) is 2. The van der Waals surface area contributed by atoms with Gasteiger partial charge in [-0.3, -0.25) is 4.79 Å². The molecule has 4 heteroatoms. The van der Waals surface area contributed by atoms with Crippen molar-refractivity contribution in [2.24, 2.45) is 0 Å². The fraction of sp³-hybridized carbons (Fsp3) is 0.250. The number of benzene rings is 1. The van der Waals surface area contributed by atoms with Crippen molar-refractivity contribution in [3.63, 3.8) is 0 Å². The van der Waals surface area contributed by atoms with Gasteiger partial charge in [-0.05, 0) is 42.1 Å². The van der Waals surface area contributed by atoms with Gasteiger partial charge in [0.05, 0.1) is 6.20 Å². The summed E-state index contributed by atoms with van der Waals surface area (Å²) in [7, 11) is 0. The largest absolute Gasteiger partial charge is 0.293 e. The molecule has 0 aliphatic heterocycles. The molecule has 0 saturated heterocycles. The van der Waals surface area contributed by atoms with Crippen LogP contribution in [-0.4, -0.2) is 15.4 Å². The lowest BCUT2D eigenvalue weighted by Gasteiger charge is -2.07. The third-order valence-electron chi connectivity index (χ3n) is 2.62. The SMILES string of the molecule is Cc1cccc(C)c1CC(=O)c1cnns1. The minimum Gasteiger partial charge on any atom is -0.293 e. The van der Waals surface area contributed by atoms with E-state index >= 15 is 0 Å². The standard InChI is InChI=1S/C12H12N2OS/c1-8-4-3-5-9(2)10(8)6-11(15)12-7-13-14-16-12/h3-5,7H,6H2,1-2H3. The highest BCUT2D eigenvalue weighted by Crippen LogP contribution is 2.16. The summed E-state index contributed by atoms with van der Waals surface area (Å²) in [6.07, 6.45) is 1.96. The van der Waals surface area contributed by atoms with E-state index in [0.717, 1.165) is 28.2 Å². The molecule has 0 bridgehead atoms. The van der Waals surface area contributed by atoms with Crippen LogP contribution in [0.2, 0.25) is 0 Å². The fourth-order valence-electron chi connectivity index (χ4n) is 1.67. The Kier molecular flexibility index (Phi) is 3.10. The zero-order valence-corrected chi connectivity index (χ0v) is 10.0. The Hall–Kier alpha value is -1.55. The summed E-state index contributed by atoms with van der Waals surface area (Å²) in [6.45, 7) is 4.06. The second-order valence-corrected chi connectivity index (χ2v) is 4.54. The molecule has 0 amide bonds. The van der Waals surface area contributed by atoms with Gasteiger partial charge in [-0.2, -0.15) is 0 Å². The highest BCUT2D eigenvalue weighted by Gasteiger charge is 2.12. The van der Waals surface area contributed by atoms with Crippen LogP contribution in [0.15, 0.2) is 24.4 Å². The monoisotopic (exact) mass is 232 g/mol. The maximum atomic E-state index is 11.9. The molecule has 82 valence electrons. The van der Waals surface area contributed by atoms with Crippen LogP contribution >= 0.6 is 11.5 Å². The molecule has 0 radical (unpaired) electrons. The van der Waals surface area contributed by atoms with Crippen LogP contribution in [-0.2, 0) is 6.42 Å². The predicted octanol–water partition coefficient (Wildman–Crippen LogP) is 2.58. The van der Waals surface area contributed by atoms with Gasteiger partial charge in [-0.15, -0.1) is 5.10 Å². The second kappa shape index (κ2) is 4.53. The predicted molar refractivity (Wildman–Crippen MR) is 63.9 cm³/mol. The van der Waals surface area contributed by atoms with Gasteiger partial charge in [-0.25, -0.2) is 0 Å². The molecule has 3 nitrogen and oxygen atoms in total. The molecule has 0 fully saturated rings. The van der Waals surface area contributed by atoms with Crippen LogP contribution in [0, 0.1) is 13.8 Å². The van der Waals surface area contributed by atoms with Gasteiger partial charge in [0.15, 0.2) is 5.78 Å². The minimum absolute atomic E-state index is 0.0902. The molecule has 1 aromatic heterocycles. The van der Waals surface area contributed by atoms with E-state index < -0.39 is 0 Å². The molecule has 1 heterocycles. The summed E-state index contributed by atoms with van der Waals surface area (Å²) in [5.74, 6) is 0.0902. The van der Waals surface area contributed by atoms with Crippen LogP contribution in [0.4, 0.5) is 0 Å². The number of carbonyl (C=O) groups is 1. The summed E-state index contributed by atoms with van der Waals surface area (Å²) < 4.78 is 3.70. The van der Waals surface area contributed by atoms with Gasteiger partial charge in [0.25, 0.3) is 0 Å². The van der Waals surface area contributed by atoms with E-state index in [1.807, 2.05) is 32.0 Å². The normalized spacial score (nSPS) is 10.4. The van der Waals surface area contributed by atoms with Crippen molar-refractivity contribution in [2.75, 3.05) is 0 Å². The van der Waals surface area contributed by atoms with Crippen LogP contribution in [0.1, 0.15) is 26.4 Å². The van der Waals surface area contributed by atoms with Crippen molar-refractivity contribution in [1.82, 2.24) is 9.59 Å². The van der Waals surface area contributed by atoms with Crippen LogP contribution in [0.5, 0.6) is 0 Å². The molecule has 2 aromatic rings. The summed E-state index contributed by atoms with van der Waals surface area (Å²) in [4.78, 5) is 12.5. The van der Waals surface area contributed by atoms with Gasteiger partial charge in [0, 0.05) is 6.42 Å². The maximum Gasteiger partial charge on any atom is 0.180 e. The van der Waals surface area contributed by atoms with Gasteiger partial charge < -0.3 is 0 Å². The van der Waals surface area contributed by atoms with Crippen molar-refractivity contribution in [2.45, 2.75) is 20.3 Å². The van der Waals surface area contributed by atoms with Gasteiger partial charge in [0.1, 0.15) is 4.88 Å². The number of aryl methyl sites for hydroxylation is 2. The molecule has 0 unspecified atom stereocenters. The van der Waals surface area contributed by atoms with Crippen LogP contribution in [0.3, 0.4) is 0 Å². The first kappa shape index (κ1) is 11.0. The van der Waals surface area contributed by atoms with Crippen molar-refractivity contribution in [3.8, 4) is 0 Å². The Bertz CT molecular complexity index is 485. The molecule has 16 heavy (non-hydrogen) atoms. The Labute approximate surface area is 98.3 Å². The minimum atomic E-state index is 0.0902. The van der Waals surface area contributed by atoms with E-state index in [1.165, 1.54) is 6.20 Å². The average Bonchev–Trinajstić information content (AvgIpc) is 2.76. The quantitative estimate of drug-likeness (QED) is 0.764. The maximum absolute atomic E-state index is 11.9. The smallest absolute Gasteiger partial charge is 0.180 e. The summed E-state index contributed by atoms with van der Waals surface area (Å²) in [6, 6.07) is 6.06. The zero-order valence-electron chi connectivity index (χ0n) is 9.23. The summed E-state index contributed by atoms with van der Waals surface area (Å²) in [5, 5.41) is 3.68. The Morgan fingerprint density at radius 2 is 2.00 bits per heavy atom. The Morgan fingerprint density at radius 3 is 2.56 bits per heavy atom. The molecular weight excluding hydrogens is 220 g/mol. The van der Waals surface area contributed by atoms with E-state index in [2.05, 4.69) is 9.59 Å². The van der Waals surface area contributed by atoms with Crippen molar-refractivity contribution in [3.05, 3.63) is 46.0 Å². The Morgan fingerprint density at radius 1 is 1.31 bits per heavy atom. The van der Waals surface area contributed by atoms with E-state index in [9.17, 15) is 4.79 Å². The van der Waals surface area contributed by atoms with E-state index in [4.69, 9.17) is 0 Å². The third-order valence-corrected chi connectivity index (χ3v) is 3.32. The number of hydrogen-bond acceptors (Lipinski definition) is 4. The fourth-order valence-corrected chi connectivity index (χ4v) is 2.12.